The van der Waals surface area contributed by atoms with E-state index in [9.17, 15) is 0 Å². The van der Waals surface area contributed by atoms with Crippen LogP contribution in [-0.2, 0) is 13.1 Å². The standard InChI is InChI=1S/C28H30N2.2BrH/c1-3-7-27-19-23(9-11-25(27)5-1)21-29-13-16-30(17-14-29,18-15-29)22-24-10-12-26-6-2-4-8-28(26)20-24;;/h1-12,19-20H,13-18,21-22H2;2*1H/q+2;;/p-2. The maximum absolute atomic E-state index is 2.42. The third kappa shape index (κ3) is 4.38. The second-order valence-corrected chi connectivity index (χ2v) is 9.70. The van der Waals surface area contributed by atoms with E-state index in [1.807, 2.05) is 0 Å². The molecule has 4 aromatic carbocycles. The lowest BCUT2D eigenvalue weighted by molar-refractivity contribution is -1.09. The van der Waals surface area contributed by atoms with E-state index in [4.69, 9.17) is 0 Å². The lowest BCUT2D eigenvalue weighted by Gasteiger charge is -2.55. The van der Waals surface area contributed by atoms with Crippen molar-refractivity contribution in [2.24, 2.45) is 0 Å². The van der Waals surface area contributed by atoms with Crippen molar-refractivity contribution in [3.8, 4) is 0 Å². The Hall–Kier alpha value is -1.72. The second kappa shape index (κ2) is 9.26. The normalized spacial score (nSPS) is 24.1. The van der Waals surface area contributed by atoms with Crippen LogP contribution in [0.4, 0.5) is 0 Å². The predicted molar refractivity (Wildman–Crippen MR) is 125 cm³/mol. The van der Waals surface area contributed by atoms with Gasteiger partial charge in [-0.15, -0.1) is 0 Å². The molecule has 0 saturated carbocycles. The first-order chi connectivity index (χ1) is 14.7. The largest absolute Gasteiger partial charge is 1.00 e. The molecule has 166 valence electrons. The van der Waals surface area contributed by atoms with Crippen molar-refractivity contribution >= 4 is 21.5 Å². The summed E-state index contributed by atoms with van der Waals surface area (Å²) >= 11 is 0. The molecule has 3 fully saturated rings. The Morgan fingerprint density at radius 1 is 0.438 bits per heavy atom. The quantitative estimate of drug-likeness (QED) is 0.295. The van der Waals surface area contributed by atoms with Gasteiger partial charge in [-0.2, -0.15) is 0 Å². The lowest BCUT2D eigenvalue weighted by atomic mass is 10.0. The molecular weight excluding hydrogens is 524 g/mol. The van der Waals surface area contributed by atoms with E-state index >= 15 is 0 Å². The van der Waals surface area contributed by atoms with Crippen LogP contribution in [0.3, 0.4) is 0 Å². The maximum Gasteiger partial charge on any atom is 0.129 e. The van der Waals surface area contributed by atoms with Gasteiger partial charge in [0.15, 0.2) is 0 Å². The summed E-state index contributed by atoms with van der Waals surface area (Å²) in [4.78, 5) is 0. The van der Waals surface area contributed by atoms with Crippen molar-refractivity contribution in [1.29, 1.82) is 0 Å². The number of hydrogen-bond acceptors (Lipinski definition) is 0. The number of benzene rings is 4. The molecule has 3 aliphatic heterocycles. The summed E-state index contributed by atoms with van der Waals surface area (Å²) < 4.78 is 2.58. The van der Waals surface area contributed by atoms with Gasteiger partial charge in [-0.05, 0) is 33.7 Å². The van der Waals surface area contributed by atoms with Gasteiger partial charge in [-0.3, -0.25) is 0 Å². The number of nitrogens with zero attached hydrogens (tertiary/aromatic N) is 2. The van der Waals surface area contributed by atoms with Gasteiger partial charge in [0.25, 0.3) is 0 Å². The molecule has 0 aromatic heterocycles. The van der Waals surface area contributed by atoms with Crippen LogP contribution in [0.2, 0.25) is 0 Å². The number of rotatable bonds is 4. The van der Waals surface area contributed by atoms with Crippen molar-refractivity contribution in [3.05, 3.63) is 96.1 Å². The summed E-state index contributed by atoms with van der Waals surface area (Å²) in [6, 6.07) is 31.6. The summed E-state index contributed by atoms with van der Waals surface area (Å²) in [7, 11) is 0. The van der Waals surface area contributed by atoms with Gasteiger partial charge in [-0.25, -0.2) is 0 Å². The van der Waals surface area contributed by atoms with Crippen LogP contribution < -0.4 is 34.0 Å². The zero-order chi connectivity index (χ0) is 20.0. The van der Waals surface area contributed by atoms with Crippen molar-refractivity contribution in [1.82, 2.24) is 0 Å². The van der Waals surface area contributed by atoms with E-state index in [0.717, 1.165) is 0 Å². The number of hydrogen-bond donors (Lipinski definition) is 0. The van der Waals surface area contributed by atoms with Gasteiger partial charge in [0.05, 0.1) is 0 Å². The Kier molecular flexibility index (Phi) is 6.78. The van der Waals surface area contributed by atoms with Crippen LogP contribution in [0.15, 0.2) is 84.9 Å². The van der Waals surface area contributed by atoms with Crippen LogP contribution >= 0.6 is 0 Å². The van der Waals surface area contributed by atoms with Crippen molar-refractivity contribution in [2.45, 2.75) is 13.1 Å². The number of fused-ring (bicyclic) bond motifs is 5. The molecule has 0 aliphatic carbocycles. The maximum atomic E-state index is 2.42. The van der Waals surface area contributed by atoms with E-state index in [1.165, 1.54) is 94.0 Å². The minimum atomic E-state index is 0. The van der Waals surface area contributed by atoms with Gasteiger partial charge < -0.3 is 42.9 Å². The summed E-state index contributed by atoms with van der Waals surface area (Å²) in [5.41, 5.74) is 3.01. The fourth-order valence-electron chi connectivity index (χ4n) is 5.87. The zero-order valence-electron chi connectivity index (χ0n) is 18.4. The Morgan fingerprint density at radius 3 is 1.16 bits per heavy atom. The highest BCUT2D eigenvalue weighted by atomic mass is 79.9. The predicted octanol–water partition coefficient (Wildman–Crippen LogP) is -0.638. The molecule has 0 atom stereocenters. The van der Waals surface area contributed by atoms with Gasteiger partial charge in [0.1, 0.15) is 52.4 Å². The Balaban J connectivity index is 0.00000122. The summed E-state index contributed by atoms with van der Waals surface area (Å²) in [5.74, 6) is 0. The molecule has 4 aromatic rings. The summed E-state index contributed by atoms with van der Waals surface area (Å²) in [6.07, 6.45) is 0. The summed E-state index contributed by atoms with van der Waals surface area (Å²) in [5, 5.41) is 5.46. The number of halogens is 2. The SMILES string of the molecule is [Br-].[Br-].c1ccc2cc(C[N+]34CC[N+](Cc5ccc6ccccc6c5)(CC3)CC4)ccc2c1. The number of piperazine rings is 3. The Labute approximate surface area is 212 Å². The van der Waals surface area contributed by atoms with Gasteiger partial charge >= 0.3 is 0 Å². The van der Waals surface area contributed by atoms with Gasteiger partial charge in [0.2, 0.25) is 0 Å². The van der Waals surface area contributed by atoms with Gasteiger partial charge in [0, 0.05) is 11.1 Å². The van der Waals surface area contributed by atoms with Crippen molar-refractivity contribution in [3.63, 3.8) is 0 Å². The van der Waals surface area contributed by atoms with E-state index in [2.05, 4.69) is 84.9 Å². The highest BCUT2D eigenvalue weighted by Crippen LogP contribution is 2.32. The van der Waals surface area contributed by atoms with E-state index in [0.29, 0.717) is 0 Å². The minimum absolute atomic E-state index is 0. The van der Waals surface area contributed by atoms with E-state index < -0.39 is 0 Å². The first-order valence-corrected chi connectivity index (χ1v) is 11.4. The fourth-order valence-corrected chi connectivity index (χ4v) is 5.87. The molecule has 32 heavy (non-hydrogen) atoms. The first-order valence-electron chi connectivity index (χ1n) is 11.4. The van der Waals surface area contributed by atoms with Crippen molar-refractivity contribution in [2.75, 3.05) is 39.3 Å². The fraction of sp³-hybridized carbons (Fsp3) is 0.286. The molecule has 0 N–H and O–H groups in total. The zero-order valence-corrected chi connectivity index (χ0v) is 21.6. The average molecular weight is 554 g/mol. The molecule has 0 radical (unpaired) electrons. The third-order valence-electron chi connectivity index (χ3n) is 7.81. The van der Waals surface area contributed by atoms with E-state index in [-0.39, 0.29) is 34.0 Å². The molecule has 7 rings (SSSR count). The van der Waals surface area contributed by atoms with Crippen LogP contribution in [0.5, 0.6) is 0 Å². The lowest BCUT2D eigenvalue weighted by Crippen LogP contribution is -3.00. The second-order valence-electron chi connectivity index (χ2n) is 9.70. The van der Waals surface area contributed by atoms with Crippen LogP contribution in [0.25, 0.3) is 21.5 Å². The van der Waals surface area contributed by atoms with Crippen LogP contribution in [-0.4, -0.2) is 48.2 Å². The molecule has 0 amide bonds. The highest BCUT2D eigenvalue weighted by molar-refractivity contribution is 5.83. The molecule has 3 heterocycles. The molecule has 0 spiro atoms. The molecule has 2 bridgehead atoms. The minimum Gasteiger partial charge on any atom is -1.00 e. The molecular formula is C28H30Br2N2. The third-order valence-corrected chi connectivity index (χ3v) is 7.81. The molecule has 0 unspecified atom stereocenters. The smallest absolute Gasteiger partial charge is 0.129 e. The van der Waals surface area contributed by atoms with Crippen LogP contribution in [0, 0.1) is 0 Å². The van der Waals surface area contributed by atoms with Crippen LogP contribution in [0.1, 0.15) is 11.1 Å². The first kappa shape index (κ1) is 23.4. The summed E-state index contributed by atoms with van der Waals surface area (Å²) in [6.45, 7) is 10.3. The molecule has 3 aliphatic rings. The monoisotopic (exact) mass is 552 g/mol. The Bertz CT molecular complexity index is 1110. The Morgan fingerprint density at radius 2 is 0.781 bits per heavy atom. The average Bonchev–Trinajstić information content (AvgIpc) is 2.80. The van der Waals surface area contributed by atoms with Crippen molar-refractivity contribution < 1.29 is 42.9 Å². The van der Waals surface area contributed by atoms with Gasteiger partial charge in [-0.1, -0.05) is 72.8 Å². The highest BCUT2D eigenvalue weighted by Gasteiger charge is 2.48. The van der Waals surface area contributed by atoms with E-state index in [1.54, 1.807) is 0 Å². The molecule has 3 saturated heterocycles. The molecule has 4 heteroatoms. The number of quaternary nitrogens is 2. The molecule has 2 nitrogen and oxygen atoms in total. The topological polar surface area (TPSA) is 0 Å².